The molecule has 1 atom stereocenters. The fourth-order valence-electron chi connectivity index (χ4n) is 2.56. The van der Waals surface area contributed by atoms with E-state index in [4.69, 9.17) is 0 Å². The van der Waals surface area contributed by atoms with Crippen molar-refractivity contribution in [1.82, 2.24) is 5.32 Å². The molecule has 0 aliphatic carbocycles. The predicted octanol–water partition coefficient (Wildman–Crippen LogP) is 3.44. The summed E-state index contributed by atoms with van der Waals surface area (Å²) in [6.07, 6.45) is -0.322. The number of hydrogen-bond donors (Lipinski definition) is 3. The first-order chi connectivity index (χ1) is 13.7. The summed E-state index contributed by atoms with van der Waals surface area (Å²) >= 11 is 0. The molecule has 2 aromatic carbocycles. The fourth-order valence-corrected chi connectivity index (χ4v) is 2.56. The normalized spacial score (nSPS) is 11.5. The molecule has 2 rings (SSSR count). The summed E-state index contributed by atoms with van der Waals surface area (Å²) in [5.41, 5.74) is 1.84. The molecule has 3 amide bonds. The first-order valence-corrected chi connectivity index (χ1v) is 9.08. The first-order valence-electron chi connectivity index (χ1n) is 9.08. The van der Waals surface area contributed by atoms with Gasteiger partial charge in [-0.3, -0.25) is 14.4 Å². The third kappa shape index (κ3) is 6.67. The SMILES string of the molecule is Cc1ccc(F)c(NC(=O)CCC(=O)NC(C)C(=O)Nc2ccc(F)cc2C)c1. The maximum Gasteiger partial charge on any atom is 0.246 e. The van der Waals surface area contributed by atoms with Crippen LogP contribution in [-0.4, -0.2) is 23.8 Å². The third-order valence-electron chi connectivity index (χ3n) is 4.19. The van der Waals surface area contributed by atoms with Gasteiger partial charge in [-0.1, -0.05) is 6.07 Å². The summed E-state index contributed by atoms with van der Waals surface area (Å²) in [4.78, 5) is 36.1. The highest BCUT2D eigenvalue weighted by Crippen LogP contribution is 2.17. The van der Waals surface area contributed by atoms with Gasteiger partial charge in [0.05, 0.1) is 5.69 Å². The van der Waals surface area contributed by atoms with Crippen LogP contribution < -0.4 is 16.0 Å². The molecule has 0 fully saturated rings. The number of carbonyl (C=O) groups is 3. The Labute approximate surface area is 167 Å². The van der Waals surface area contributed by atoms with E-state index in [1.165, 1.54) is 37.3 Å². The monoisotopic (exact) mass is 403 g/mol. The second-order valence-electron chi connectivity index (χ2n) is 6.77. The molecule has 29 heavy (non-hydrogen) atoms. The van der Waals surface area contributed by atoms with E-state index in [0.29, 0.717) is 11.3 Å². The number of nitrogens with one attached hydrogen (secondary N) is 3. The minimum Gasteiger partial charge on any atom is -0.345 e. The molecule has 3 N–H and O–H groups in total. The maximum atomic E-state index is 13.7. The number of anilines is 2. The van der Waals surface area contributed by atoms with Crippen LogP contribution in [-0.2, 0) is 14.4 Å². The molecule has 0 aromatic heterocycles. The zero-order valence-corrected chi connectivity index (χ0v) is 16.4. The summed E-state index contributed by atoms with van der Waals surface area (Å²) in [7, 11) is 0. The second kappa shape index (κ2) is 9.77. The Morgan fingerprint density at radius 1 is 0.897 bits per heavy atom. The van der Waals surface area contributed by atoms with Gasteiger partial charge < -0.3 is 16.0 Å². The molecule has 1 unspecified atom stereocenters. The van der Waals surface area contributed by atoms with Gasteiger partial charge in [-0.15, -0.1) is 0 Å². The second-order valence-corrected chi connectivity index (χ2v) is 6.77. The molecule has 2 aromatic rings. The van der Waals surface area contributed by atoms with E-state index in [-0.39, 0.29) is 18.5 Å². The largest absolute Gasteiger partial charge is 0.345 e. The average molecular weight is 403 g/mol. The van der Waals surface area contributed by atoms with Crippen molar-refractivity contribution in [3.05, 3.63) is 59.2 Å². The molecular weight excluding hydrogens is 380 g/mol. The smallest absolute Gasteiger partial charge is 0.246 e. The zero-order chi connectivity index (χ0) is 21.6. The van der Waals surface area contributed by atoms with Crippen LogP contribution in [0.5, 0.6) is 0 Å². The van der Waals surface area contributed by atoms with Crippen LogP contribution in [0.25, 0.3) is 0 Å². The highest BCUT2D eigenvalue weighted by Gasteiger charge is 2.17. The van der Waals surface area contributed by atoms with Crippen molar-refractivity contribution in [2.75, 3.05) is 10.6 Å². The quantitative estimate of drug-likeness (QED) is 0.662. The van der Waals surface area contributed by atoms with Crippen LogP contribution in [0, 0.1) is 25.5 Å². The van der Waals surface area contributed by atoms with Gasteiger partial charge in [0.25, 0.3) is 0 Å². The highest BCUT2D eigenvalue weighted by molar-refractivity contribution is 5.98. The van der Waals surface area contributed by atoms with Crippen molar-refractivity contribution in [2.24, 2.45) is 0 Å². The lowest BCUT2D eigenvalue weighted by Crippen LogP contribution is -2.41. The summed E-state index contributed by atoms with van der Waals surface area (Å²) in [5.74, 6) is -2.45. The van der Waals surface area contributed by atoms with Crippen molar-refractivity contribution < 1.29 is 23.2 Å². The Morgan fingerprint density at radius 3 is 2.28 bits per heavy atom. The van der Waals surface area contributed by atoms with Crippen molar-refractivity contribution in [2.45, 2.75) is 39.7 Å². The zero-order valence-electron chi connectivity index (χ0n) is 16.4. The number of aryl methyl sites for hydroxylation is 2. The Hall–Kier alpha value is -3.29. The van der Waals surface area contributed by atoms with Crippen LogP contribution in [0.1, 0.15) is 30.9 Å². The molecule has 6 nitrogen and oxygen atoms in total. The molecular formula is C21H23F2N3O3. The number of amides is 3. The predicted molar refractivity (Wildman–Crippen MR) is 106 cm³/mol. The minimum atomic E-state index is -0.857. The van der Waals surface area contributed by atoms with Gasteiger partial charge in [-0.25, -0.2) is 8.78 Å². The number of carbonyl (C=O) groups excluding carboxylic acids is 3. The lowest BCUT2D eigenvalue weighted by atomic mass is 10.2. The number of rotatable bonds is 7. The number of hydrogen-bond acceptors (Lipinski definition) is 3. The van der Waals surface area contributed by atoms with E-state index in [1.807, 2.05) is 0 Å². The van der Waals surface area contributed by atoms with E-state index in [1.54, 1.807) is 19.9 Å². The van der Waals surface area contributed by atoms with E-state index in [9.17, 15) is 23.2 Å². The summed E-state index contributed by atoms with van der Waals surface area (Å²) in [6.45, 7) is 4.91. The first kappa shape index (κ1) is 22.0. The van der Waals surface area contributed by atoms with Crippen molar-refractivity contribution in [1.29, 1.82) is 0 Å². The van der Waals surface area contributed by atoms with Crippen LogP contribution in [0.2, 0.25) is 0 Å². The van der Waals surface area contributed by atoms with Gasteiger partial charge >= 0.3 is 0 Å². The highest BCUT2D eigenvalue weighted by atomic mass is 19.1. The fraction of sp³-hybridized carbons (Fsp3) is 0.286. The lowest BCUT2D eigenvalue weighted by molar-refractivity contribution is -0.127. The Balaban J connectivity index is 1.81. The summed E-state index contributed by atoms with van der Waals surface area (Å²) in [6, 6.07) is 7.42. The van der Waals surface area contributed by atoms with Gasteiger partial charge in [-0.05, 0) is 62.2 Å². The molecule has 0 aliphatic rings. The molecule has 0 saturated carbocycles. The Kier molecular flexibility index (Phi) is 7.41. The van der Waals surface area contributed by atoms with Crippen LogP contribution >= 0.6 is 0 Å². The van der Waals surface area contributed by atoms with E-state index >= 15 is 0 Å². The van der Waals surface area contributed by atoms with Crippen molar-refractivity contribution in [3.8, 4) is 0 Å². The van der Waals surface area contributed by atoms with E-state index in [0.717, 1.165) is 5.56 Å². The average Bonchev–Trinajstić information content (AvgIpc) is 2.65. The van der Waals surface area contributed by atoms with Gasteiger partial charge in [-0.2, -0.15) is 0 Å². The number of benzene rings is 2. The molecule has 0 heterocycles. The van der Waals surface area contributed by atoms with Gasteiger partial charge in [0.15, 0.2) is 0 Å². The molecule has 0 aliphatic heterocycles. The Morgan fingerprint density at radius 2 is 1.59 bits per heavy atom. The molecule has 8 heteroatoms. The third-order valence-corrected chi connectivity index (χ3v) is 4.19. The lowest BCUT2D eigenvalue weighted by Gasteiger charge is -2.15. The van der Waals surface area contributed by atoms with Crippen LogP contribution in [0.4, 0.5) is 20.2 Å². The molecule has 0 radical (unpaired) electrons. The van der Waals surface area contributed by atoms with Crippen LogP contribution in [0.3, 0.4) is 0 Å². The van der Waals surface area contributed by atoms with Gasteiger partial charge in [0, 0.05) is 18.5 Å². The van der Waals surface area contributed by atoms with Crippen LogP contribution in [0.15, 0.2) is 36.4 Å². The standard InChI is InChI=1S/C21H23F2N3O3/c1-12-4-6-16(23)18(10-12)25-20(28)9-8-19(27)24-14(3)21(29)26-17-7-5-15(22)11-13(17)2/h4-7,10-11,14H,8-9H2,1-3H3,(H,24,27)(H,25,28)(H,26,29). The molecule has 0 bridgehead atoms. The van der Waals surface area contributed by atoms with Crippen molar-refractivity contribution >= 4 is 29.1 Å². The van der Waals surface area contributed by atoms with E-state index in [2.05, 4.69) is 16.0 Å². The topological polar surface area (TPSA) is 87.3 Å². The van der Waals surface area contributed by atoms with E-state index < -0.39 is 35.4 Å². The Bertz CT molecular complexity index is 931. The number of halogens is 2. The summed E-state index contributed by atoms with van der Waals surface area (Å²) < 4.78 is 26.8. The van der Waals surface area contributed by atoms with Gasteiger partial charge in [0.1, 0.15) is 17.7 Å². The summed E-state index contributed by atoms with van der Waals surface area (Å²) in [5, 5.41) is 7.52. The molecule has 0 saturated heterocycles. The minimum absolute atomic E-state index is 0.0535. The van der Waals surface area contributed by atoms with Gasteiger partial charge in [0.2, 0.25) is 17.7 Å². The molecule has 154 valence electrons. The van der Waals surface area contributed by atoms with Crippen molar-refractivity contribution in [3.63, 3.8) is 0 Å². The maximum absolute atomic E-state index is 13.7. The molecule has 0 spiro atoms.